The van der Waals surface area contributed by atoms with Crippen LogP contribution in [0, 0.1) is 5.92 Å². The van der Waals surface area contributed by atoms with Crippen LogP contribution in [0.2, 0.25) is 0 Å². The number of hydrogen-bond donors (Lipinski definition) is 0. The molecule has 2 aliphatic rings. The summed E-state index contributed by atoms with van der Waals surface area (Å²) in [5, 5.41) is 2.29. The van der Waals surface area contributed by atoms with Crippen molar-refractivity contribution in [3.63, 3.8) is 0 Å². The Hall–Kier alpha value is -3.45. The lowest BCUT2D eigenvalue weighted by atomic mass is 9.97. The van der Waals surface area contributed by atoms with Crippen LogP contribution in [0.15, 0.2) is 60.9 Å². The molecule has 1 aromatic heterocycles. The highest BCUT2D eigenvalue weighted by Crippen LogP contribution is 2.23. The number of pyridine rings is 1. The van der Waals surface area contributed by atoms with Gasteiger partial charge in [-0.05, 0) is 48.1 Å². The van der Waals surface area contributed by atoms with E-state index in [1.807, 2.05) is 46.3 Å². The van der Waals surface area contributed by atoms with Gasteiger partial charge in [-0.15, -0.1) is 0 Å². The number of aromatic nitrogens is 1. The number of ether oxygens (including phenoxy) is 2. The number of para-hydroxylation sites is 1. The molecular weight excluding hydrogens is 442 g/mol. The fourth-order valence-corrected chi connectivity index (χ4v) is 4.93. The van der Waals surface area contributed by atoms with Gasteiger partial charge in [0.05, 0.1) is 25.3 Å². The van der Waals surface area contributed by atoms with E-state index < -0.39 is 0 Å². The number of carbonyl (C=O) groups is 2. The number of carbonyl (C=O) groups excluding carboxylic acids is 2. The van der Waals surface area contributed by atoms with Gasteiger partial charge in [-0.1, -0.05) is 24.3 Å². The van der Waals surface area contributed by atoms with Gasteiger partial charge in [0, 0.05) is 49.8 Å². The van der Waals surface area contributed by atoms with E-state index >= 15 is 0 Å². The molecular formula is C28H31N3O4. The average molecular weight is 474 g/mol. The number of likely N-dealkylation sites (tertiary alicyclic amines) is 1. The van der Waals surface area contributed by atoms with Crippen LogP contribution in [0.5, 0.6) is 5.75 Å². The van der Waals surface area contributed by atoms with E-state index in [1.54, 1.807) is 6.20 Å². The molecule has 35 heavy (non-hydrogen) atoms. The molecule has 7 heteroatoms. The van der Waals surface area contributed by atoms with Gasteiger partial charge in [0.15, 0.2) is 0 Å². The van der Waals surface area contributed by atoms with Gasteiger partial charge in [-0.3, -0.25) is 14.6 Å². The Morgan fingerprint density at radius 2 is 2.03 bits per heavy atom. The zero-order valence-corrected chi connectivity index (χ0v) is 19.9. The van der Waals surface area contributed by atoms with E-state index in [4.69, 9.17) is 9.47 Å². The minimum Gasteiger partial charge on any atom is -0.491 e. The Bertz CT molecular complexity index is 1200. The maximum atomic E-state index is 13.5. The number of rotatable bonds is 7. The molecule has 2 aliphatic heterocycles. The predicted molar refractivity (Wildman–Crippen MR) is 133 cm³/mol. The molecule has 182 valence electrons. The lowest BCUT2D eigenvalue weighted by molar-refractivity contribution is -0.128. The molecule has 7 nitrogen and oxygen atoms in total. The van der Waals surface area contributed by atoms with E-state index in [9.17, 15) is 9.59 Å². The SMILES string of the molecule is O=C1CCCN1CCOc1ccccc1C(=O)N1CCOC[C@@H](Cc2ccc3ccncc3c2)C1. The summed E-state index contributed by atoms with van der Waals surface area (Å²) in [7, 11) is 0. The van der Waals surface area contributed by atoms with Crippen molar-refractivity contribution in [1.82, 2.24) is 14.8 Å². The molecule has 2 aromatic carbocycles. The summed E-state index contributed by atoms with van der Waals surface area (Å²) in [5.74, 6) is 0.894. The fourth-order valence-electron chi connectivity index (χ4n) is 4.93. The maximum Gasteiger partial charge on any atom is 0.257 e. The zero-order valence-electron chi connectivity index (χ0n) is 19.9. The lowest BCUT2D eigenvalue weighted by Crippen LogP contribution is -2.36. The average Bonchev–Trinajstić information content (AvgIpc) is 3.15. The number of nitrogens with zero attached hydrogens (tertiary/aromatic N) is 3. The Labute approximate surface area is 205 Å². The van der Waals surface area contributed by atoms with Crippen molar-refractivity contribution in [2.75, 3.05) is 46.0 Å². The quantitative estimate of drug-likeness (QED) is 0.525. The molecule has 2 fully saturated rings. The summed E-state index contributed by atoms with van der Waals surface area (Å²) >= 11 is 0. The molecule has 5 rings (SSSR count). The minimum absolute atomic E-state index is 0.0453. The minimum atomic E-state index is -0.0453. The molecule has 0 bridgehead atoms. The molecule has 1 atom stereocenters. The first-order chi connectivity index (χ1) is 17.2. The highest BCUT2D eigenvalue weighted by atomic mass is 16.5. The third-order valence-electron chi connectivity index (χ3n) is 6.76. The molecule has 3 heterocycles. The highest BCUT2D eigenvalue weighted by molar-refractivity contribution is 5.97. The van der Waals surface area contributed by atoms with E-state index in [0.717, 1.165) is 24.8 Å². The number of hydrogen-bond acceptors (Lipinski definition) is 5. The summed E-state index contributed by atoms with van der Waals surface area (Å²) in [6.07, 6.45) is 6.04. The van der Waals surface area contributed by atoms with E-state index in [2.05, 4.69) is 23.2 Å². The van der Waals surface area contributed by atoms with Crippen LogP contribution in [0.1, 0.15) is 28.8 Å². The zero-order chi connectivity index (χ0) is 24.0. The van der Waals surface area contributed by atoms with Gasteiger partial charge in [-0.2, -0.15) is 0 Å². The van der Waals surface area contributed by atoms with Gasteiger partial charge < -0.3 is 19.3 Å². The third-order valence-corrected chi connectivity index (χ3v) is 6.76. The second-order valence-corrected chi connectivity index (χ2v) is 9.28. The van der Waals surface area contributed by atoms with Crippen LogP contribution in [0.3, 0.4) is 0 Å². The van der Waals surface area contributed by atoms with Gasteiger partial charge in [0.2, 0.25) is 5.91 Å². The number of amides is 2. The molecule has 2 saturated heterocycles. The predicted octanol–water partition coefficient (Wildman–Crippen LogP) is 3.57. The molecule has 0 N–H and O–H groups in total. The summed E-state index contributed by atoms with van der Waals surface area (Å²) < 4.78 is 11.8. The largest absolute Gasteiger partial charge is 0.491 e. The molecule has 0 spiro atoms. The van der Waals surface area contributed by atoms with Crippen LogP contribution in [-0.2, 0) is 16.0 Å². The van der Waals surface area contributed by atoms with Crippen molar-refractivity contribution >= 4 is 22.6 Å². The molecule has 0 aliphatic carbocycles. The molecule has 3 aromatic rings. The van der Waals surface area contributed by atoms with Crippen molar-refractivity contribution in [2.24, 2.45) is 5.92 Å². The number of fused-ring (bicyclic) bond motifs is 1. The van der Waals surface area contributed by atoms with E-state index in [0.29, 0.717) is 57.2 Å². The van der Waals surface area contributed by atoms with Crippen LogP contribution in [-0.4, -0.2) is 72.6 Å². The van der Waals surface area contributed by atoms with Crippen molar-refractivity contribution in [2.45, 2.75) is 19.3 Å². The summed E-state index contributed by atoms with van der Waals surface area (Å²) in [6, 6.07) is 15.8. The van der Waals surface area contributed by atoms with Crippen molar-refractivity contribution in [3.8, 4) is 5.75 Å². The summed E-state index contributed by atoms with van der Waals surface area (Å²) in [4.78, 5) is 33.3. The Morgan fingerprint density at radius 1 is 1.11 bits per heavy atom. The Morgan fingerprint density at radius 3 is 2.91 bits per heavy atom. The van der Waals surface area contributed by atoms with Crippen LogP contribution < -0.4 is 4.74 Å². The maximum absolute atomic E-state index is 13.5. The van der Waals surface area contributed by atoms with E-state index in [1.165, 1.54) is 10.9 Å². The highest BCUT2D eigenvalue weighted by Gasteiger charge is 2.26. The second-order valence-electron chi connectivity index (χ2n) is 9.28. The van der Waals surface area contributed by atoms with E-state index in [-0.39, 0.29) is 17.7 Å². The van der Waals surface area contributed by atoms with Crippen LogP contribution in [0.25, 0.3) is 10.8 Å². The first-order valence-corrected chi connectivity index (χ1v) is 12.4. The van der Waals surface area contributed by atoms with Gasteiger partial charge >= 0.3 is 0 Å². The van der Waals surface area contributed by atoms with Gasteiger partial charge in [-0.25, -0.2) is 0 Å². The fraction of sp³-hybridized carbons (Fsp3) is 0.393. The monoisotopic (exact) mass is 473 g/mol. The van der Waals surface area contributed by atoms with Crippen LogP contribution in [0.4, 0.5) is 0 Å². The first-order valence-electron chi connectivity index (χ1n) is 12.4. The third kappa shape index (κ3) is 5.62. The molecule has 0 radical (unpaired) electrons. The Balaban J connectivity index is 1.24. The normalized spacial score (nSPS) is 18.6. The molecule has 0 unspecified atom stereocenters. The Kier molecular flexibility index (Phi) is 7.23. The van der Waals surface area contributed by atoms with Crippen molar-refractivity contribution in [1.29, 1.82) is 0 Å². The smallest absolute Gasteiger partial charge is 0.257 e. The van der Waals surface area contributed by atoms with Crippen LogP contribution >= 0.6 is 0 Å². The van der Waals surface area contributed by atoms with Crippen molar-refractivity contribution < 1.29 is 19.1 Å². The second kappa shape index (κ2) is 10.9. The number of benzene rings is 2. The molecule has 2 amide bonds. The topological polar surface area (TPSA) is 72.0 Å². The standard InChI is InChI=1S/C28H31N3O4/c32-27-6-3-11-30(27)13-15-35-26-5-2-1-4-25(26)28(33)31-12-14-34-20-22(19-31)16-21-7-8-23-9-10-29-18-24(23)17-21/h1-2,4-5,7-10,17-18,22H,3,6,11-16,19-20H2/t22-/m0/s1. The summed E-state index contributed by atoms with van der Waals surface area (Å²) in [6.45, 7) is 4.02. The lowest BCUT2D eigenvalue weighted by Gasteiger charge is -2.25. The van der Waals surface area contributed by atoms with Gasteiger partial charge in [0.25, 0.3) is 5.91 Å². The first kappa shape index (κ1) is 23.3. The van der Waals surface area contributed by atoms with Crippen molar-refractivity contribution in [3.05, 3.63) is 72.1 Å². The summed E-state index contributed by atoms with van der Waals surface area (Å²) in [5.41, 5.74) is 1.77. The van der Waals surface area contributed by atoms with Gasteiger partial charge in [0.1, 0.15) is 12.4 Å². The molecule has 0 saturated carbocycles.